The van der Waals surface area contributed by atoms with E-state index in [2.05, 4.69) is 295 Å². The van der Waals surface area contributed by atoms with Crippen LogP contribution in [0.3, 0.4) is 0 Å². The Hall–Kier alpha value is -12.5. The number of nitrogens with zero attached hydrogens (tertiary/aromatic N) is 8. The van der Waals surface area contributed by atoms with E-state index in [-0.39, 0.29) is 0 Å². The zero-order valence-corrected chi connectivity index (χ0v) is 52.5. The minimum absolute atomic E-state index is 1.21. The van der Waals surface area contributed by atoms with Crippen LogP contribution in [0, 0.1) is 0 Å². The third-order valence-corrected chi connectivity index (χ3v) is 24.1. The van der Waals surface area contributed by atoms with Crippen LogP contribution in [0.15, 0.2) is 231 Å². The summed E-state index contributed by atoms with van der Waals surface area (Å²) in [7, 11) is 9.03. The first-order valence-corrected chi connectivity index (χ1v) is 33.6. The zero-order chi connectivity index (χ0) is 62.0. The van der Waals surface area contributed by atoms with Crippen molar-refractivity contribution in [3.8, 4) is 11.1 Å². The Morgan fingerprint density at radius 1 is 0.167 bits per heavy atom. The van der Waals surface area contributed by atoms with Gasteiger partial charge in [0.25, 0.3) is 0 Å². The van der Waals surface area contributed by atoms with Crippen molar-refractivity contribution in [1.29, 1.82) is 0 Å². The van der Waals surface area contributed by atoms with E-state index in [0.717, 1.165) is 0 Å². The van der Waals surface area contributed by atoms with Crippen molar-refractivity contribution in [2.45, 2.75) is 0 Å². The molecule has 0 atom stereocenters. The zero-order valence-electron chi connectivity index (χ0n) is 52.5. The average molecular weight is 1220 g/mol. The first-order valence-electron chi connectivity index (χ1n) is 33.6. The predicted octanol–water partition coefficient (Wildman–Crippen LogP) is 22.5. The monoisotopic (exact) mass is 1220 g/mol. The largest absolute Gasteiger partial charge is 0.344 e. The van der Waals surface area contributed by atoms with E-state index >= 15 is 0 Å². The quantitative estimate of drug-likeness (QED) is 0.157. The van der Waals surface area contributed by atoms with E-state index in [9.17, 15) is 0 Å². The van der Waals surface area contributed by atoms with Crippen LogP contribution in [-0.4, -0.2) is 35.9 Å². The summed E-state index contributed by atoms with van der Waals surface area (Å²) in [5.41, 5.74) is 27.6. The molecule has 26 rings (SSSR count). The number of para-hydroxylation sites is 6. The lowest BCUT2D eigenvalue weighted by atomic mass is 9.96. The third kappa shape index (κ3) is 5.01. The molecular weight excluding hydrogens is 1170 g/mol. The SMILES string of the molecule is Cn1c2ccccc2c2c3c4cccc5c6cc7c(cc6n(c3ccc21)c54)c1cccc2c3c4c5ccc(-c6cccc8c6c6cc9c%10ccccc%10n%10c%11cc%12c%13c%14c(cc%15c%16ccccc%16n(c%12cc%11c(c6n8C)c9%10)c%15%13)c6ccccc6n%14C)cc5n(C)c4ccc3n7c12. The molecule has 26 aromatic rings. The van der Waals surface area contributed by atoms with E-state index < -0.39 is 0 Å². The van der Waals surface area contributed by atoms with Gasteiger partial charge in [-0.2, -0.15) is 0 Å². The summed E-state index contributed by atoms with van der Waals surface area (Å²) in [4.78, 5) is 0. The number of aromatic nitrogens is 8. The van der Waals surface area contributed by atoms with Crippen LogP contribution in [0.2, 0.25) is 0 Å². The van der Waals surface area contributed by atoms with Crippen molar-refractivity contribution in [2.75, 3.05) is 0 Å². The van der Waals surface area contributed by atoms with Crippen molar-refractivity contribution in [3.63, 3.8) is 0 Å². The van der Waals surface area contributed by atoms with Crippen LogP contribution < -0.4 is 0 Å². The summed E-state index contributed by atoms with van der Waals surface area (Å²) >= 11 is 0. The first-order chi connectivity index (χ1) is 47.4. The molecule has 0 fully saturated rings. The Morgan fingerprint density at radius 3 is 1.14 bits per heavy atom. The van der Waals surface area contributed by atoms with Crippen LogP contribution in [0.25, 0.3) is 251 Å². The maximum absolute atomic E-state index is 2.59. The lowest BCUT2D eigenvalue weighted by Gasteiger charge is -2.07. The lowest BCUT2D eigenvalue weighted by Crippen LogP contribution is -1.89. The summed E-state index contributed by atoms with van der Waals surface area (Å²) in [5.74, 6) is 0. The Kier molecular flexibility index (Phi) is 7.83. The highest BCUT2D eigenvalue weighted by Gasteiger charge is 2.31. The predicted molar refractivity (Wildman–Crippen MR) is 406 cm³/mol. The fraction of sp³-hybridized carbons (Fsp3) is 0.0455. The topological polar surface area (TPSA) is 37.4 Å². The molecule has 96 heavy (non-hydrogen) atoms. The molecule has 0 bridgehead atoms. The number of hydrogen-bond donors (Lipinski definition) is 0. The molecule has 12 heterocycles. The summed E-state index contributed by atoms with van der Waals surface area (Å²) in [6.45, 7) is 0. The van der Waals surface area contributed by atoms with Gasteiger partial charge < -0.3 is 35.9 Å². The van der Waals surface area contributed by atoms with Gasteiger partial charge in [0, 0.05) is 191 Å². The maximum atomic E-state index is 2.59. The Bertz CT molecular complexity index is 8240. The summed E-state index contributed by atoms with van der Waals surface area (Å²) in [6.07, 6.45) is 0. The van der Waals surface area contributed by atoms with Crippen molar-refractivity contribution in [2.24, 2.45) is 28.2 Å². The molecule has 12 aromatic heterocycles. The number of benzene rings is 14. The summed E-state index contributed by atoms with van der Waals surface area (Å²) in [5, 5.41) is 31.2. The normalized spacial score (nSPS) is 13.4. The van der Waals surface area contributed by atoms with Crippen LogP contribution >= 0.6 is 0 Å². The molecule has 0 saturated carbocycles. The molecule has 8 nitrogen and oxygen atoms in total. The highest BCUT2D eigenvalue weighted by Crippen LogP contribution is 2.54. The minimum Gasteiger partial charge on any atom is -0.344 e. The van der Waals surface area contributed by atoms with Crippen molar-refractivity contribution < 1.29 is 0 Å². The second kappa shape index (κ2) is 15.6. The molecule has 442 valence electrons. The van der Waals surface area contributed by atoms with E-state index in [1.165, 1.54) is 251 Å². The van der Waals surface area contributed by atoms with Gasteiger partial charge in [0.1, 0.15) is 0 Å². The molecule has 0 saturated heterocycles. The highest BCUT2D eigenvalue weighted by molar-refractivity contribution is 6.41. The maximum Gasteiger partial charge on any atom is 0.0641 e. The van der Waals surface area contributed by atoms with E-state index in [0.29, 0.717) is 0 Å². The molecule has 14 aromatic carbocycles. The van der Waals surface area contributed by atoms with Gasteiger partial charge in [-0.15, -0.1) is 0 Å². The molecular formula is C88H50N8. The summed E-state index contributed by atoms with van der Waals surface area (Å²) < 4.78 is 20.1. The fourth-order valence-electron chi connectivity index (χ4n) is 20.4. The van der Waals surface area contributed by atoms with Crippen LogP contribution in [0.1, 0.15) is 0 Å². The molecule has 0 aliphatic rings. The van der Waals surface area contributed by atoms with Gasteiger partial charge in [-0.05, 0) is 108 Å². The molecule has 0 amide bonds. The Morgan fingerprint density at radius 2 is 0.542 bits per heavy atom. The second-order valence-corrected chi connectivity index (χ2v) is 28.0. The lowest BCUT2D eigenvalue weighted by molar-refractivity contribution is 1.01. The van der Waals surface area contributed by atoms with Gasteiger partial charge in [0.05, 0.1) is 77.2 Å². The number of aryl methyl sites for hydroxylation is 4. The molecule has 0 unspecified atom stereocenters. The minimum atomic E-state index is 1.21. The van der Waals surface area contributed by atoms with Gasteiger partial charge in [-0.25, -0.2) is 0 Å². The van der Waals surface area contributed by atoms with Gasteiger partial charge in [-0.3, -0.25) is 0 Å². The molecule has 0 aliphatic carbocycles. The Balaban J connectivity index is 0.705. The van der Waals surface area contributed by atoms with Crippen LogP contribution in [0.5, 0.6) is 0 Å². The van der Waals surface area contributed by atoms with E-state index in [1.807, 2.05) is 0 Å². The highest BCUT2D eigenvalue weighted by atomic mass is 15.0. The number of rotatable bonds is 1. The van der Waals surface area contributed by atoms with Crippen molar-refractivity contribution >= 4 is 240 Å². The van der Waals surface area contributed by atoms with Crippen molar-refractivity contribution in [1.82, 2.24) is 35.9 Å². The number of hydrogen-bond acceptors (Lipinski definition) is 0. The molecule has 0 radical (unpaired) electrons. The first kappa shape index (κ1) is 48.3. The number of fused-ring (bicyclic) bond motifs is 40. The van der Waals surface area contributed by atoms with Crippen LogP contribution in [0.4, 0.5) is 0 Å². The Labute approximate surface area is 542 Å². The molecule has 0 aliphatic heterocycles. The van der Waals surface area contributed by atoms with Crippen molar-refractivity contribution in [3.05, 3.63) is 231 Å². The average Bonchev–Trinajstić information content (AvgIpc) is 1.51. The molecule has 0 N–H and O–H groups in total. The fourth-order valence-corrected chi connectivity index (χ4v) is 20.4. The third-order valence-electron chi connectivity index (χ3n) is 24.1. The van der Waals surface area contributed by atoms with Gasteiger partial charge in [0.2, 0.25) is 0 Å². The van der Waals surface area contributed by atoms with Gasteiger partial charge in [0.15, 0.2) is 0 Å². The smallest absolute Gasteiger partial charge is 0.0641 e. The van der Waals surface area contributed by atoms with Crippen LogP contribution in [-0.2, 0) is 28.2 Å². The molecule has 8 heteroatoms. The van der Waals surface area contributed by atoms with Gasteiger partial charge in [-0.1, -0.05) is 133 Å². The second-order valence-electron chi connectivity index (χ2n) is 28.0. The van der Waals surface area contributed by atoms with Gasteiger partial charge >= 0.3 is 0 Å². The summed E-state index contributed by atoms with van der Waals surface area (Å²) in [6, 6.07) is 88.8. The standard InChI is InChI=1S/C88H50N8/c1-89-63-26-10-8-19-50(63)77-67(89)32-34-69-79(77)52-23-13-21-48-54-40-73-55(39-72(54)95(69)83(48)52)49-22-14-24-53-80-70(96(73)84(49)53)35-33-68-78(80)51-31-30-43(36-71(51)90(68)2)44-20-15-29-66-76(44)61-38-58-47-18-7-12-28-65(47)94-75-41-59-74(42-60(75)82(88(58)94)86(61)92(66)4)93-64-27-11-6-17-46(64)57-37-56-45-16-5-9-25-62(45)91(3)85(56)81(59)87(57)93/h5-42H,1-4H3. The van der Waals surface area contributed by atoms with E-state index in [4.69, 9.17) is 0 Å². The molecule has 0 spiro atoms. The van der Waals surface area contributed by atoms with E-state index in [1.54, 1.807) is 0 Å².